The molecule has 0 N–H and O–H groups in total. The number of aldehydes is 1. The lowest BCUT2D eigenvalue weighted by Crippen LogP contribution is -2.00. The Labute approximate surface area is 109 Å². The molecule has 92 valence electrons. The van der Waals surface area contributed by atoms with Gasteiger partial charge in [-0.1, -0.05) is 11.8 Å². The Kier molecular flexibility index (Phi) is 2.83. The van der Waals surface area contributed by atoms with Gasteiger partial charge in [0.25, 0.3) is 0 Å². The monoisotopic (exact) mass is 260 g/mol. The molecule has 5 heteroatoms. The maximum atomic E-state index is 11.2. The van der Waals surface area contributed by atoms with E-state index < -0.39 is 0 Å². The van der Waals surface area contributed by atoms with Gasteiger partial charge in [0, 0.05) is 17.9 Å². The van der Waals surface area contributed by atoms with Crippen LogP contribution in [0.1, 0.15) is 10.5 Å². The first-order chi connectivity index (χ1) is 8.83. The summed E-state index contributed by atoms with van der Waals surface area (Å²) in [4.78, 5) is 15.8. The van der Waals surface area contributed by atoms with Crippen molar-refractivity contribution in [1.82, 2.24) is 9.55 Å². The van der Waals surface area contributed by atoms with E-state index in [1.54, 1.807) is 18.9 Å². The summed E-state index contributed by atoms with van der Waals surface area (Å²) in [6.45, 7) is 0.858. The number of fused-ring (bicyclic) bond motifs is 1. The summed E-state index contributed by atoms with van der Waals surface area (Å²) in [5, 5.41) is 0.933. The van der Waals surface area contributed by atoms with Crippen LogP contribution in [0.2, 0.25) is 0 Å². The predicted octanol–water partition coefficient (Wildman–Crippen LogP) is 2.48. The number of hydrogen-bond donors (Lipinski definition) is 0. The first-order valence-electron chi connectivity index (χ1n) is 5.66. The van der Waals surface area contributed by atoms with E-state index in [0.29, 0.717) is 5.69 Å². The zero-order valence-electron chi connectivity index (χ0n) is 9.92. The first-order valence-corrected chi connectivity index (χ1v) is 6.65. The summed E-state index contributed by atoms with van der Waals surface area (Å²) in [7, 11) is 1.63. The molecule has 1 aliphatic rings. The highest BCUT2D eigenvalue weighted by Crippen LogP contribution is 2.32. The Morgan fingerprint density at radius 3 is 2.83 bits per heavy atom. The van der Waals surface area contributed by atoms with Crippen LogP contribution in [-0.2, 0) is 6.54 Å². The normalized spacial score (nSPS) is 13.4. The maximum Gasteiger partial charge on any atom is 0.169 e. The van der Waals surface area contributed by atoms with Gasteiger partial charge < -0.3 is 9.30 Å². The molecule has 0 unspecified atom stereocenters. The van der Waals surface area contributed by atoms with Crippen LogP contribution in [-0.4, -0.2) is 28.7 Å². The number of nitrogens with zero attached hydrogens (tertiary/aromatic N) is 2. The minimum Gasteiger partial charge on any atom is -0.497 e. The van der Waals surface area contributed by atoms with Crippen molar-refractivity contribution in [2.45, 2.75) is 11.7 Å². The first kappa shape index (κ1) is 11.3. The van der Waals surface area contributed by atoms with Crippen molar-refractivity contribution < 1.29 is 9.53 Å². The Morgan fingerprint density at radius 1 is 1.39 bits per heavy atom. The number of thioether (sulfide) groups is 1. The molecular weight excluding hydrogens is 248 g/mol. The second-order valence-corrected chi connectivity index (χ2v) is 5.04. The van der Waals surface area contributed by atoms with Crippen LogP contribution < -0.4 is 4.74 Å². The summed E-state index contributed by atoms with van der Waals surface area (Å²) < 4.78 is 7.11. The molecule has 1 aliphatic heterocycles. The third-order valence-corrected chi connectivity index (χ3v) is 3.95. The molecule has 0 atom stereocenters. The van der Waals surface area contributed by atoms with Gasteiger partial charge in [0.2, 0.25) is 0 Å². The molecule has 18 heavy (non-hydrogen) atoms. The third kappa shape index (κ3) is 1.71. The van der Waals surface area contributed by atoms with Gasteiger partial charge in [-0.2, -0.15) is 0 Å². The minimum atomic E-state index is 0.667. The van der Waals surface area contributed by atoms with E-state index in [9.17, 15) is 4.79 Å². The highest BCUT2D eigenvalue weighted by Gasteiger charge is 2.21. The molecule has 4 nitrogen and oxygen atoms in total. The minimum absolute atomic E-state index is 0.667. The largest absolute Gasteiger partial charge is 0.497 e. The fourth-order valence-corrected chi connectivity index (χ4v) is 3.04. The topological polar surface area (TPSA) is 44.1 Å². The van der Waals surface area contributed by atoms with Gasteiger partial charge in [0.05, 0.1) is 7.11 Å². The van der Waals surface area contributed by atoms with Crippen molar-refractivity contribution in [2.75, 3.05) is 12.9 Å². The lowest BCUT2D eigenvalue weighted by atomic mass is 10.1. The van der Waals surface area contributed by atoms with Crippen LogP contribution in [0.15, 0.2) is 29.4 Å². The van der Waals surface area contributed by atoms with Gasteiger partial charge in [0.15, 0.2) is 11.4 Å². The fourth-order valence-electron chi connectivity index (χ4n) is 2.08. The van der Waals surface area contributed by atoms with Crippen LogP contribution in [0.5, 0.6) is 5.75 Å². The molecule has 0 aliphatic carbocycles. The average molecular weight is 260 g/mol. The number of imidazole rings is 1. The Balaban J connectivity index is 2.08. The van der Waals surface area contributed by atoms with E-state index >= 15 is 0 Å². The zero-order valence-corrected chi connectivity index (χ0v) is 10.7. The Bertz CT molecular complexity index is 590. The van der Waals surface area contributed by atoms with Gasteiger partial charge in [-0.15, -0.1) is 0 Å². The quantitative estimate of drug-likeness (QED) is 0.795. The Hall–Kier alpha value is -1.75. The molecule has 0 saturated heterocycles. The number of hydrogen-bond acceptors (Lipinski definition) is 4. The number of carbonyl (C=O) groups excluding carboxylic acids is 1. The number of benzene rings is 1. The van der Waals surface area contributed by atoms with E-state index in [-0.39, 0.29) is 0 Å². The summed E-state index contributed by atoms with van der Waals surface area (Å²) in [5.74, 6) is 1.79. The van der Waals surface area contributed by atoms with Gasteiger partial charge >= 0.3 is 0 Å². The third-order valence-electron chi connectivity index (χ3n) is 2.99. The molecular formula is C13H12N2O2S. The molecule has 3 rings (SSSR count). The standard InChI is InChI=1S/C13H12N2O2S/c1-17-10-4-2-9(3-5-10)12-11(8-16)15-6-7-18-13(15)14-12/h2-5,8H,6-7H2,1H3. The summed E-state index contributed by atoms with van der Waals surface area (Å²) in [6.07, 6.45) is 0.891. The number of rotatable bonds is 3. The van der Waals surface area contributed by atoms with E-state index in [1.165, 1.54) is 0 Å². The van der Waals surface area contributed by atoms with E-state index in [4.69, 9.17) is 4.74 Å². The van der Waals surface area contributed by atoms with Crippen molar-refractivity contribution in [3.63, 3.8) is 0 Å². The average Bonchev–Trinajstić information content (AvgIpc) is 2.98. The summed E-state index contributed by atoms with van der Waals surface area (Å²) >= 11 is 1.69. The van der Waals surface area contributed by atoms with Gasteiger partial charge in [-0.25, -0.2) is 4.98 Å². The smallest absolute Gasteiger partial charge is 0.169 e. The summed E-state index contributed by atoms with van der Waals surface area (Å²) in [5.41, 5.74) is 2.37. The van der Waals surface area contributed by atoms with Crippen LogP contribution in [0.25, 0.3) is 11.3 Å². The van der Waals surface area contributed by atoms with E-state index in [2.05, 4.69) is 4.98 Å². The van der Waals surface area contributed by atoms with Crippen LogP contribution in [0.4, 0.5) is 0 Å². The van der Waals surface area contributed by atoms with Gasteiger partial charge in [-0.05, 0) is 24.3 Å². The van der Waals surface area contributed by atoms with Gasteiger partial charge in [-0.3, -0.25) is 4.79 Å². The molecule has 0 spiro atoms. The lowest BCUT2D eigenvalue weighted by Gasteiger charge is -2.03. The molecule has 0 radical (unpaired) electrons. The molecule has 0 bridgehead atoms. The number of ether oxygens (including phenoxy) is 1. The maximum absolute atomic E-state index is 11.2. The number of carbonyl (C=O) groups is 1. The molecule has 0 saturated carbocycles. The highest BCUT2D eigenvalue weighted by molar-refractivity contribution is 7.99. The van der Waals surface area contributed by atoms with Crippen LogP contribution in [0.3, 0.4) is 0 Å². The fraction of sp³-hybridized carbons (Fsp3) is 0.231. The van der Waals surface area contributed by atoms with Gasteiger partial charge in [0.1, 0.15) is 17.1 Å². The van der Waals surface area contributed by atoms with E-state index in [1.807, 2.05) is 28.8 Å². The number of methoxy groups -OCH3 is 1. The van der Waals surface area contributed by atoms with Crippen LogP contribution >= 0.6 is 11.8 Å². The zero-order chi connectivity index (χ0) is 12.5. The van der Waals surface area contributed by atoms with Crippen molar-refractivity contribution in [3.05, 3.63) is 30.0 Å². The van der Waals surface area contributed by atoms with E-state index in [0.717, 1.165) is 40.7 Å². The summed E-state index contributed by atoms with van der Waals surface area (Å²) in [6, 6.07) is 7.60. The van der Waals surface area contributed by atoms with Crippen LogP contribution in [0, 0.1) is 0 Å². The Morgan fingerprint density at radius 2 is 2.17 bits per heavy atom. The molecule has 1 aromatic heterocycles. The van der Waals surface area contributed by atoms with Crippen molar-refractivity contribution >= 4 is 18.0 Å². The second kappa shape index (κ2) is 4.49. The highest BCUT2D eigenvalue weighted by atomic mass is 32.2. The van der Waals surface area contributed by atoms with Crippen molar-refractivity contribution in [3.8, 4) is 17.0 Å². The SMILES string of the molecule is COc1ccc(-c2nc3n(c2C=O)CCS3)cc1. The predicted molar refractivity (Wildman–Crippen MR) is 70.3 cm³/mol. The van der Waals surface area contributed by atoms with Crippen molar-refractivity contribution in [1.29, 1.82) is 0 Å². The molecule has 1 aromatic carbocycles. The van der Waals surface area contributed by atoms with Crippen molar-refractivity contribution in [2.24, 2.45) is 0 Å². The lowest BCUT2D eigenvalue weighted by molar-refractivity contribution is 0.111. The molecule has 0 amide bonds. The molecule has 0 fully saturated rings. The number of aromatic nitrogens is 2. The molecule has 2 heterocycles. The second-order valence-electron chi connectivity index (χ2n) is 3.97. The molecule has 2 aromatic rings.